The SMILES string of the molecule is Nc1ccc(N2CC(CN3CCC(NC(=O)OCc4ccccc4)CC3)C2)c(F)c1. The van der Waals surface area contributed by atoms with Crippen LogP contribution in [-0.4, -0.2) is 49.8 Å². The average molecular weight is 413 g/mol. The zero-order valence-electron chi connectivity index (χ0n) is 17.1. The summed E-state index contributed by atoms with van der Waals surface area (Å²) in [6.07, 6.45) is 1.49. The number of nitrogens with two attached hydrogens (primary N) is 1. The summed E-state index contributed by atoms with van der Waals surface area (Å²) < 4.78 is 19.3. The summed E-state index contributed by atoms with van der Waals surface area (Å²) in [7, 11) is 0. The molecule has 0 aliphatic carbocycles. The highest BCUT2D eigenvalue weighted by Crippen LogP contribution is 2.29. The maximum Gasteiger partial charge on any atom is 0.407 e. The number of nitrogen functional groups attached to an aromatic ring is 1. The summed E-state index contributed by atoms with van der Waals surface area (Å²) in [6.45, 7) is 4.94. The molecular formula is C23H29FN4O2. The molecule has 0 bridgehead atoms. The first-order valence-corrected chi connectivity index (χ1v) is 10.6. The fourth-order valence-electron chi connectivity index (χ4n) is 4.22. The second-order valence-electron chi connectivity index (χ2n) is 8.26. The molecule has 2 fully saturated rings. The van der Waals surface area contributed by atoms with Crippen LogP contribution in [0.25, 0.3) is 0 Å². The number of halogens is 1. The van der Waals surface area contributed by atoms with Gasteiger partial charge in [-0.1, -0.05) is 30.3 Å². The van der Waals surface area contributed by atoms with Gasteiger partial charge in [-0.2, -0.15) is 0 Å². The van der Waals surface area contributed by atoms with Crippen molar-refractivity contribution < 1.29 is 13.9 Å². The Hall–Kier alpha value is -2.80. The number of anilines is 2. The van der Waals surface area contributed by atoms with Gasteiger partial charge in [0.15, 0.2) is 0 Å². The molecule has 0 unspecified atom stereocenters. The van der Waals surface area contributed by atoms with E-state index in [1.807, 2.05) is 30.3 Å². The van der Waals surface area contributed by atoms with E-state index in [0.717, 1.165) is 51.1 Å². The Labute approximate surface area is 176 Å². The first kappa shape index (κ1) is 20.5. The van der Waals surface area contributed by atoms with Crippen LogP contribution >= 0.6 is 0 Å². The number of piperidine rings is 1. The summed E-state index contributed by atoms with van der Waals surface area (Å²) in [5.74, 6) is 0.293. The predicted octanol–water partition coefficient (Wildman–Crippen LogP) is 3.23. The number of amides is 1. The standard InChI is InChI=1S/C23H29FN4O2/c24-21-12-19(25)6-7-22(21)28-14-18(15-28)13-27-10-8-20(9-11-27)26-23(29)30-16-17-4-2-1-3-5-17/h1-7,12,18,20H,8-11,13-16,25H2,(H,26,29). The Morgan fingerprint density at radius 1 is 1.13 bits per heavy atom. The third-order valence-electron chi connectivity index (χ3n) is 5.91. The number of nitrogens with zero attached hydrogens (tertiary/aromatic N) is 2. The molecule has 2 heterocycles. The molecule has 0 aromatic heterocycles. The molecule has 4 rings (SSSR count). The van der Waals surface area contributed by atoms with Crippen LogP contribution in [0.3, 0.4) is 0 Å². The summed E-state index contributed by atoms with van der Waals surface area (Å²) >= 11 is 0. The highest BCUT2D eigenvalue weighted by Gasteiger charge is 2.31. The Balaban J connectivity index is 1.13. The van der Waals surface area contributed by atoms with Gasteiger partial charge in [-0.3, -0.25) is 0 Å². The smallest absolute Gasteiger partial charge is 0.407 e. The van der Waals surface area contributed by atoms with Gasteiger partial charge < -0.3 is 25.6 Å². The highest BCUT2D eigenvalue weighted by molar-refractivity contribution is 5.67. The molecule has 0 radical (unpaired) electrons. The van der Waals surface area contributed by atoms with Crippen LogP contribution in [0.1, 0.15) is 18.4 Å². The van der Waals surface area contributed by atoms with E-state index in [4.69, 9.17) is 10.5 Å². The van der Waals surface area contributed by atoms with Crippen LogP contribution < -0.4 is 16.0 Å². The van der Waals surface area contributed by atoms with Crippen LogP contribution in [0.15, 0.2) is 48.5 Å². The number of nitrogens with one attached hydrogen (secondary N) is 1. The number of carbonyl (C=O) groups is 1. The van der Waals surface area contributed by atoms with Crippen molar-refractivity contribution in [1.29, 1.82) is 0 Å². The van der Waals surface area contributed by atoms with E-state index in [1.54, 1.807) is 12.1 Å². The van der Waals surface area contributed by atoms with E-state index in [-0.39, 0.29) is 24.6 Å². The van der Waals surface area contributed by atoms with E-state index in [2.05, 4.69) is 15.1 Å². The quantitative estimate of drug-likeness (QED) is 0.713. The lowest BCUT2D eigenvalue weighted by Crippen LogP contribution is -2.54. The second kappa shape index (κ2) is 9.34. The topological polar surface area (TPSA) is 70.8 Å². The molecule has 0 saturated carbocycles. The minimum atomic E-state index is -0.350. The van der Waals surface area contributed by atoms with E-state index in [9.17, 15) is 9.18 Å². The van der Waals surface area contributed by atoms with Crippen molar-refractivity contribution in [3.8, 4) is 0 Å². The fourth-order valence-corrected chi connectivity index (χ4v) is 4.22. The zero-order chi connectivity index (χ0) is 20.9. The Kier molecular flexibility index (Phi) is 6.38. The second-order valence-corrected chi connectivity index (χ2v) is 8.26. The van der Waals surface area contributed by atoms with Crippen LogP contribution in [0.4, 0.5) is 20.6 Å². The number of carbonyl (C=O) groups excluding carboxylic acids is 1. The number of ether oxygens (including phenoxy) is 1. The maximum absolute atomic E-state index is 14.0. The molecule has 2 aromatic rings. The van der Waals surface area contributed by atoms with Gasteiger partial charge in [0, 0.05) is 50.4 Å². The minimum absolute atomic E-state index is 0.159. The summed E-state index contributed by atoms with van der Waals surface area (Å²) in [6, 6.07) is 14.7. The molecule has 2 aromatic carbocycles. The lowest BCUT2D eigenvalue weighted by atomic mass is 9.96. The highest BCUT2D eigenvalue weighted by atomic mass is 19.1. The summed E-state index contributed by atoms with van der Waals surface area (Å²) in [5.41, 5.74) is 7.69. The summed E-state index contributed by atoms with van der Waals surface area (Å²) in [4.78, 5) is 16.5. The van der Waals surface area contributed by atoms with Crippen molar-refractivity contribution in [2.75, 3.05) is 43.4 Å². The molecule has 7 heteroatoms. The number of alkyl carbamates (subject to hydrolysis) is 1. The zero-order valence-corrected chi connectivity index (χ0v) is 17.1. The number of hydrogen-bond acceptors (Lipinski definition) is 5. The van der Waals surface area contributed by atoms with Gasteiger partial charge in [0.25, 0.3) is 0 Å². The number of hydrogen-bond donors (Lipinski definition) is 2. The van der Waals surface area contributed by atoms with Crippen LogP contribution in [0.5, 0.6) is 0 Å². The van der Waals surface area contributed by atoms with E-state index >= 15 is 0 Å². The van der Waals surface area contributed by atoms with Crippen molar-refractivity contribution in [1.82, 2.24) is 10.2 Å². The molecule has 160 valence electrons. The van der Waals surface area contributed by atoms with Crippen molar-refractivity contribution >= 4 is 17.5 Å². The average Bonchev–Trinajstić information content (AvgIpc) is 2.72. The van der Waals surface area contributed by atoms with Crippen LogP contribution in [0, 0.1) is 11.7 Å². The first-order chi connectivity index (χ1) is 14.6. The van der Waals surface area contributed by atoms with Crippen molar-refractivity contribution in [2.24, 2.45) is 5.92 Å². The van der Waals surface area contributed by atoms with Gasteiger partial charge in [-0.25, -0.2) is 9.18 Å². The van der Waals surface area contributed by atoms with Crippen LogP contribution in [0.2, 0.25) is 0 Å². The Morgan fingerprint density at radius 3 is 2.57 bits per heavy atom. The molecule has 2 aliphatic rings. The minimum Gasteiger partial charge on any atom is -0.445 e. The third kappa shape index (κ3) is 5.21. The van der Waals surface area contributed by atoms with E-state index in [0.29, 0.717) is 17.3 Å². The van der Waals surface area contributed by atoms with E-state index < -0.39 is 0 Å². The first-order valence-electron chi connectivity index (χ1n) is 10.6. The van der Waals surface area contributed by atoms with Crippen molar-refractivity contribution in [3.05, 3.63) is 59.9 Å². The van der Waals surface area contributed by atoms with Crippen molar-refractivity contribution in [3.63, 3.8) is 0 Å². The van der Waals surface area contributed by atoms with Gasteiger partial charge in [-0.15, -0.1) is 0 Å². The normalized spacial score (nSPS) is 18.1. The number of likely N-dealkylation sites (tertiary alicyclic amines) is 1. The van der Waals surface area contributed by atoms with E-state index in [1.165, 1.54) is 6.07 Å². The molecule has 3 N–H and O–H groups in total. The molecular weight excluding hydrogens is 383 g/mol. The molecule has 2 aliphatic heterocycles. The van der Waals surface area contributed by atoms with Crippen molar-refractivity contribution in [2.45, 2.75) is 25.5 Å². The van der Waals surface area contributed by atoms with Gasteiger partial charge in [0.1, 0.15) is 12.4 Å². The van der Waals surface area contributed by atoms with Gasteiger partial charge in [0.2, 0.25) is 0 Å². The Bertz CT molecular complexity index is 850. The maximum atomic E-state index is 14.0. The van der Waals surface area contributed by atoms with Crippen LogP contribution in [-0.2, 0) is 11.3 Å². The number of rotatable bonds is 6. The third-order valence-corrected chi connectivity index (χ3v) is 5.91. The van der Waals surface area contributed by atoms with Gasteiger partial charge >= 0.3 is 6.09 Å². The lowest BCUT2D eigenvalue weighted by Gasteiger charge is -2.44. The predicted molar refractivity (Wildman–Crippen MR) is 116 cm³/mol. The van der Waals surface area contributed by atoms with Gasteiger partial charge in [0.05, 0.1) is 5.69 Å². The van der Waals surface area contributed by atoms with Gasteiger partial charge in [-0.05, 0) is 36.6 Å². The molecule has 6 nitrogen and oxygen atoms in total. The lowest BCUT2D eigenvalue weighted by molar-refractivity contribution is 0.122. The molecule has 1 amide bonds. The fraction of sp³-hybridized carbons (Fsp3) is 0.435. The Morgan fingerprint density at radius 2 is 1.87 bits per heavy atom. The largest absolute Gasteiger partial charge is 0.445 e. The molecule has 0 atom stereocenters. The monoisotopic (exact) mass is 412 g/mol. The molecule has 0 spiro atoms. The molecule has 30 heavy (non-hydrogen) atoms. The summed E-state index contributed by atoms with van der Waals surface area (Å²) in [5, 5.41) is 2.98. The number of benzene rings is 2. The molecule has 2 saturated heterocycles.